The van der Waals surface area contributed by atoms with Crippen molar-refractivity contribution < 1.29 is 4.74 Å². The maximum Gasteiger partial charge on any atom is 0.319 e. The van der Waals surface area contributed by atoms with Gasteiger partial charge in [0.15, 0.2) is 5.82 Å². The molecule has 3 N–H and O–H groups in total. The third-order valence-electron chi connectivity index (χ3n) is 6.80. The molecule has 6 nitrogen and oxygen atoms in total. The van der Waals surface area contributed by atoms with Crippen molar-refractivity contribution in [2.75, 3.05) is 12.3 Å². The van der Waals surface area contributed by atoms with Gasteiger partial charge in [-0.2, -0.15) is 9.97 Å². The number of nitrogens with two attached hydrogens (primary N) is 1. The molecular formula is C31H29N5O. The van der Waals surface area contributed by atoms with Gasteiger partial charge in [0.05, 0.1) is 17.6 Å². The number of pyridine rings is 1. The van der Waals surface area contributed by atoms with Crippen LogP contribution in [0.3, 0.4) is 0 Å². The number of hydrogen-bond acceptors (Lipinski definition) is 5. The Kier molecular flexibility index (Phi) is 6.15. The number of nitrogen functional groups attached to an aromatic ring is 1. The molecule has 0 aliphatic carbocycles. The molecular weight excluding hydrogens is 458 g/mol. The molecule has 0 bridgehead atoms. The molecule has 6 heteroatoms. The molecule has 3 aromatic carbocycles. The van der Waals surface area contributed by atoms with Crippen LogP contribution in [-0.2, 0) is 12.8 Å². The van der Waals surface area contributed by atoms with Gasteiger partial charge < -0.3 is 15.5 Å². The zero-order valence-electron chi connectivity index (χ0n) is 20.9. The van der Waals surface area contributed by atoms with E-state index >= 15 is 0 Å². The van der Waals surface area contributed by atoms with E-state index in [0.717, 1.165) is 53.3 Å². The lowest BCUT2D eigenvalue weighted by Gasteiger charge is -2.09. The minimum absolute atomic E-state index is 0.340. The number of para-hydroxylation sites is 1. The number of H-pyrrole nitrogens is 1. The molecule has 0 unspecified atom stereocenters. The fourth-order valence-corrected chi connectivity index (χ4v) is 4.80. The minimum Gasteiger partial charge on any atom is -0.463 e. The van der Waals surface area contributed by atoms with Crippen LogP contribution in [0.4, 0.5) is 5.82 Å². The van der Waals surface area contributed by atoms with Crippen molar-refractivity contribution in [2.24, 2.45) is 0 Å². The molecule has 0 aliphatic rings. The van der Waals surface area contributed by atoms with Crippen molar-refractivity contribution in [3.63, 3.8) is 0 Å². The number of hydrogen-bond donors (Lipinski definition) is 2. The van der Waals surface area contributed by atoms with Gasteiger partial charge in [-0.3, -0.25) is 0 Å². The van der Waals surface area contributed by atoms with E-state index in [-0.39, 0.29) is 0 Å². The summed E-state index contributed by atoms with van der Waals surface area (Å²) in [6.07, 6.45) is 5.58. The Labute approximate surface area is 215 Å². The number of rotatable bonds is 8. The monoisotopic (exact) mass is 487 g/mol. The number of aromatic nitrogens is 4. The van der Waals surface area contributed by atoms with E-state index in [1.807, 2.05) is 12.3 Å². The first kappa shape index (κ1) is 23.0. The molecule has 6 aromatic rings. The average molecular weight is 488 g/mol. The van der Waals surface area contributed by atoms with Crippen molar-refractivity contribution in [1.29, 1.82) is 0 Å². The fraction of sp³-hybridized carbons (Fsp3) is 0.194. The van der Waals surface area contributed by atoms with Gasteiger partial charge in [0.25, 0.3) is 0 Å². The number of fused-ring (bicyclic) bond motifs is 3. The van der Waals surface area contributed by atoms with Gasteiger partial charge in [0, 0.05) is 29.0 Å². The summed E-state index contributed by atoms with van der Waals surface area (Å²) in [6, 6.07) is 26.1. The lowest BCUT2D eigenvalue weighted by molar-refractivity contribution is 0.287. The SMILES string of the molecule is CCCCOc1nc(N)c2[nH]cc(Cc3ccc(Cc4cccc5nc6ccccc6cc45)cc3)c2n1. The number of nitrogens with zero attached hydrogens (tertiary/aromatic N) is 3. The molecule has 3 aromatic heterocycles. The summed E-state index contributed by atoms with van der Waals surface area (Å²) >= 11 is 0. The molecule has 0 atom stereocenters. The lowest BCUT2D eigenvalue weighted by Crippen LogP contribution is -2.03. The van der Waals surface area contributed by atoms with Crippen LogP contribution >= 0.6 is 0 Å². The number of unbranched alkanes of at least 4 members (excludes halogenated alkanes) is 1. The number of aromatic amines is 1. The van der Waals surface area contributed by atoms with Crippen LogP contribution < -0.4 is 10.5 Å². The highest BCUT2D eigenvalue weighted by atomic mass is 16.5. The molecule has 0 fully saturated rings. The van der Waals surface area contributed by atoms with Crippen LogP contribution in [0.5, 0.6) is 6.01 Å². The van der Waals surface area contributed by atoms with Gasteiger partial charge in [0.1, 0.15) is 11.0 Å². The quantitative estimate of drug-likeness (QED) is 0.186. The van der Waals surface area contributed by atoms with Gasteiger partial charge in [-0.25, -0.2) is 4.98 Å². The minimum atomic E-state index is 0.340. The van der Waals surface area contributed by atoms with Crippen LogP contribution in [-0.4, -0.2) is 26.5 Å². The van der Waals surface area contributed by atoms with Gasteiger partial charge in [-0.1, -0.05) is 67.9 Å². The fourth-order valence-electron chi connectivity index (χ4n) is 4.80. The van der Waals surface area contributed by atoms with Crippen LogP contribution in [0.25, 0.3) is 32.8 Å². The Hall–Kier alpha value is -4.45. The van der Waals surface area contributed by atoms with Crippen molar-refractivity contribution in [2.45, 2.75) is 32.6 Å². The summed E-state index contributed by atoms with van der Waals surface area (Å²) in [7, 11) is 0. The van der Waals surface area contributed by atoms with Crippen LogP contribution in [0.1, 0.15) is 42.0 Å². The topological polar surface area (TPSA) is 89.7 Å². The van der Waals surface area contributed by atoms with Gasteiger partial charge in [0.2, 0.25) is 0 Å². The van der Waals surface area contributed by atoms with E-state index < -0.39 is 0 Å². The number of ether oxygens (including phenoxy) is 1. The number of anilines is 1. The van der Waals surface area contributed by atoms with E-state index in [1.54, 1.807) is 0 Å². The molecule has 0 amide bonds. The molecule has 0 aliphatic heterocycles. The van der Waals surface area contributed by atoms with Crippen molar-refractivity contribution in [3.05, 3.63) is 101 Å². The maximum atomic E-state index is 6.16. The first-order valence-electron chi connectivity index (χ1n) is 12.8. The maximum absolute atomic E-state index is 6.16. The molecule has 37 heavy (non-hydrogen) atoms. The largest absolute Gasteiger partial charge is 0.463 e. The molecule has 3 heterocycles. The zero-order chi connectivity index (χ0) is 25.2. The highest BCUT2D eigenvalue weighted by Gasteiger charge is 2.13. The Morgan fingerprint density at radius 1 is 0.811 bits per heavy atom. The summed E-state index contributed by atoms with van der Waals surface area (Å²) in [5.41, 5.74) is 14.6. The van der Waals surface area contributed by atoms with Crippen molar-refractivity contribution >= 4 is 38.7 Å². The van der Waals surface area contributed by atoms with Gasteiger partial charge >= 0.3 is 6.01 Å². The Balaban J connectivity index is 1.23. The first-order valence-corrected chi connectivity index (χ1v) is 12.8. The normalized spacial score (nSPS) is 11.5. The zero-order valence-corrected chi connectivity index (χ0v) is 20.9. The Morgan fingerprint density at radius 3 is 2.38 bits per heavy atom. The van der Waals surface area contributed by atoms with E-state index in [9.17, 15) is 0 Å². The second kappa shape index (κ2) is 9.90. The van der Waals surface area contributed by atoms with E-state index in [4.69, 9.17) is 15.5 Å². The van der Waals surface area contributed by atoms with Crippen molar-refractivity contribution in [1.82, 2.24) is 19.9 Å². The highest BCUT2D eigenvalue weighted by Crippen LogP contribution is 2.27. The Bertz CT molecular complexity index is 1710. The summed E-state index contributed by atoms with van der Waals surface area (Å²) < 4.78 is 5.72. The highest BCUT2D eigenvalue weighted by molar-refractivity contribution is 5.94. The van der Waals surface area contributed by atoms with Crippen molar-refractivity contribution in [3.8, 4) is 6.01 Å². The van der Waals surface area contributed by atoms with Gasteiger partial charge in [-0.15, -0.1) is 0 Å². The second-order valence-electron chi connectivity index (χ2n) is 9.47. The Morgan fingerprint density at radius 2 is 1.57 bits per heavy atom. The lowest BCUT2D eigenvalue weighted by atomic mass is 9.98. The van der Waals surface area contributed by atoms with E-state index in [1.165, 1.54) is 27.5 Å². The predicted octanol–water partition coefficient (Wildman–Crippen LogP) is 6.60. The summed E-state index contributed by atoms with van der Waals surface area (Å²) in [4.78, 5) is 17.0. The third-order valence-corrected chi connectivity index (χ3v) is 6.80. The standard InChI is InChI=1S/C31H29N5O/c1-2-3-15-37-31-35-28-24(19-33-29(28)30(32)36-31)17-21-13-11-20(12-14-21)16-22-8-6-10-27-25(22)18-23-7-4-5-9-26(23)34-27/h4-14,18-19,33H,2-3,15-17H2,1H3,(H2,32,35,36). The molecule has 0 radical (unpaired) electrons. The summed E-state index contributed by atoms with van der Waals surface area (Å²) in [5, 5.41) is 2.37. The van der Waals surface area contributed by atoms with Crippen LogP contribution in [0.2, 0.25) is 0 Å². The first-order chi connectivity index (χ1) is 18.2. The van der Waals surface area contributed by atoms with E-state index in [0.29, 0.717) is 18.4 Å². The average Bonchev–Trinajstić information content (AvgIpc) is 3.32. The predicted molar refractivity (Wildman–Crippen MR) is 150 cm³/mol. The smallest absolute Gasteiger partial charge is 0.319 e. The van der Waals surface area contributed by atoms with Gasteiger partial charge in [-0.05, 0) is 47.7 Å². The molecule has 0 spiro atoms. The number of benzene rings is 3. The molecule has 184 valence electrons. The third kappa shape index (κ3) is 4.70. The van der Waals surface area contributed by atoms with Crippen LogP contribution in [0.15, 0.2) is 79.0 Å². The number of nitrogens with one attached hydrogen (secondary N) is 1. The van der Waals surface area contributed by atoms with E-state index in [2.05, 4.69) is 88.6 Å². The second-order valence-corrected chi connectivity index (χ2v) is 9.47. The van der Waals surface area contributed by atoms with Crippen LogP contribution in [0, 0.1) is 0 Å². The molecule has 0 saturated heterocycles. The molecule has 6 rings (SSSR count). The molecule has 0 saturated carbocycles. The summed E-state index contributed by atoms with van der Waals surface area (Å²) in [5.74, 6) is 0.412. The summed E-state index contributed by atoms with van der Waals surface area (Å²) in [6.45, 7) is 2.71.